The topological polar surface area (TPSA) is 58.6 Å². The zero-order valence-electron chi connectivity index (χ0n) is 10.5. The minimum atomic E-state index is -0.951. The van der Waals surface area contributed by atoms with Crippen LogP contribution in [0.2, 0.25) is 0 Å². The van der Waals surface area contributed by atoms with Gasteiger partial charge in [-0.2, -0.15) is 0 Å². The molecule has 0 bridgehead atoms. The highest BCUT2D eigenvalue weighted by atomic mass is 16.5. The van der Waals surface area contributed by atoms with Gasteiger partial charge in [0.15, 0.2) is 6.04 Å². The van der Waals surface area contributed by atoms with Gasteiger partial charge in [0.05, 0.1) is 7.11 Å². The van der Waals surface area contributed by atoms with Crippen molar-refractivity contribution in [3.05, 3.63) is 60.2 Å². The van der Waals surface area contributed by atoms with Crippen molar-refractivity contribution in [2.24, 2.45) is 0 Å². The second-order valence-electron chi connectivity index (χ2n) is 4.02. The molecule has 4 nitrogen and oxygen atoms in total. The number of aliphatic carboxylic acids is 1. The van der Waals surface area contributed by atoms with Crippen LogP contribution in [-0.4, -0.2) is 18.2 Å². The first-order valence-corrected chi connectivity index (χ1v) is 5.89. The van der Waals surface area contributed by atoms with Crippen LogP contribution >= 0.6 is 0 Å². The Labute approximate surface area is 111 Å². The Morgan fingerprint density at radius 1 is 1.11 bits per heavy atom. The molecule has 0 aromatic heterocycles. The zero-order chi connectivity index (χ0) is 13.7. The molecule has 4 heteroatoms. The molecule has 0 radical (unpaired) electrons. The summed E-state index contributed by atoms with van der Waals surface area (Å²) in [5.41, 5.74) is 1.35. The Morgan fingerprint density at radius 3 is 2.37 bits per heavy atom. The quantitative estimate of drug-likeness (QED) is 0.864. The van der Waals surface area contributed by atoms with E-state index in [1.54, 1.807) is 18.2 Å². The number of carboxylic acids is 1. The molecule has 0 aliphatic heterocycles. The lowest BCUT2D eigenvalue weighted by atomic mass is 10.1. The lowest BCUT2D eigenvalue weighted by Gasteiger charge is -2.18. The van der Waals surface area contributed by atoms with Crippen molar-refractivity contribution in [1.82, 2.24) is 0 Å². The molecule has 0 saturated carbocycles. The van der Waals surface area contributed by atoms with Crippen LogP contribution < -0.4 is 10.1 Å². The monoisotopic (exact) mass is 257 g/mol. The van der Waals surface area contributed by atoms with Gasteiger partial charge >= 0.3 is 5.97 Å². The van der Waals surface area contributed by atoms with Gasteiger partial charge in [-0.05, 0) is 18.2 Å². The number of carboxylic acid groups (broad SMARTS) is 1. The van der Waals surface area contributed by atoms with Crippen molar-refractivity contribution in [3.63, 3.8) is 0 Å². The van der Waals surface area contributed by atoms with Gasteiger partial charge in [0.2, 0.25) is 0 Å². The Hall–Kier alpha value is -2.49. The molecule has 2 rings (SSSR count). The highest BCUT2D eigenvalue weighted by molar-refractivity contribution is 5.80. The third-order valence-corrected chi connectivity index (χ3v) is 2.78. The van der Waals surface area contributed by atoms with E-state index in [9.17, 15) is 9.90 Å². The summed E-state index contributed by atoms with van der Waals surface area (Å²) in [5.74, 6) is -0.397. The van der Waals surface area contributed by atoms with Crippen molar-refractivity contribution < 1.29 is 14.6 Å². The summed E-state index contributed by atoms with van der Waals surface area (Å²) in [5, 5.41) is 12.4. The lowest BCUT2D eigenvalue weighted by molar-refractivity contribution is -0.138. The van der Waals surface area contributed by atoms with E-state index in [0.29, 0.717) is 11.3 Å². The van der Waals surface area contributed by atoms with E-state index in [1.165, 1.54) is 7.11 Å². The van der Waals surface area contributed by atoms with Crippen LogP contribution in [-0.2, 0) is 4.79 Å². The number of rotatable bonds is 5. The Morgan fingerprint density at radius 2 is 1.74 bits per heavy atom. The normalized spacial score (nSPS) is 11.6. The van der Waals surface area contributed by atoms with E-state index < -0.39 is 12.0 Å². The summed E-state index contributed by atoms with van der Waals surface area (Å²) >= 11 is 0. The first kappa shape index (κ1) is 13.0. The zero-order valence-corrected chi connectivity index (χ0v) is 10.5. The molecule has 2 aromatic rings. The van der Waals surface area contributed by atoms with E-state index in [0.717, 1.165) is 5.69 Å². The molecule has 0 aliphatic rings. The molecular formula is C15H15NO3. The largest absolute Gasteiger partial charge is 0.496 e. The summed E-state index contributed by atoms with van der Waals surface area (Å²) in [4.78, 5) is 11.5. The van der Waals surface area contributed by atoms with Gasteiger partial charge in [-0.25, -0.2) is 4.79 Å². The molecular weight excluding hydrogens is 242 g/mol. The minimum absolute atomic E-state index is 0.554. The highest BCUT2D eigenvalue weighted by Gasteiger charge is 2.22. The number of nitrogens with one attached hydrogen (secondary N) is 1. The molecule has 0 heterocycles. The van der Waals surface area contributed by atoms with Gasteiger partial charge in [-0.1, -0.05) is 36.4 Å². The van der Waals surface area contributed by atoms with Crippen molar-refractivity contribution in [2.75, 3.05) is 12.4 Å². The molecule has 0 spiro atoms. The number of ether oxygens (including phenoxy) is 1. The van der Waals surface area contributed by atoms with Crippen LogP contribution in [0.25, 0.3) is 0 Å². The molecule has 2 N–H and O–H groups in total. The molecule has 0 aliphatic carbocycles. The third kappa shape index (κ3) is 3.04. The molecule has 2 aromatic carbocycles. The smallest absolute Gasteiger partial charge is 0.330 e. The fourth-order valence-corrected chi connectivity index (χ4v) is 1.88. The van der Waals surface area contributed by atoms with E-state index in [4.69, 9.17) is 4.74 Å². The third-order valence-electron chi connectivity index (χ3n) is 2.78. The van der Waals surface area contributed by atoms with Gasteiger partial charge in [-0.3, -0.25) is 0 Å². The maximum absolute atomic E-state index is 11.5. The molecule has 0 fully saturated rings. The molecule has 98 valence electrons. The van der Waals surface area contributed by atoms with Gasteiger partial charge < -0.3 is 15.2 Å². The standard InChI is InChI=1S/C15H15NO3/c1-19-13-10-6-5-9-12(13)14(15(17)18)16-11-7-3-2-4-8-11/h2-10,14,16H,1H3,(H,17,18). The number of para-hydroxylation sites is 2. The molecule has 1 unspecified atom stereocenters. The van der Waals surface area contributed by atoms with Crippen molar-refractivity contribution in [2.45, 2.75) is 6.04 Å². The number of benzene rings is 2. The first-order chi connectivity index (χ1) is 9.22. The fraction of sp³-hybridized carbons (Fsp3) is 0.133. The van der Waals surface area contributed by atoms with Crippen LogP contribution in [0, 0.1) is 0 Å². The average molecular weight is 257 g/mol. The summed E-state index contributed by atoms with van der Waals surface area (Å²) in [6.45, 7) is 0. The van der Waals surface area contributed by atoms with E-state index >= 15 is 0 Å². The second-order valence-corrected chi connectivity index (χ2v) is 4.02. The number of carbonyl (C=O) groups is 1. The van der Waals surface area contributed by atoms with Gasteiger partial charge in [0, 0.05) is 11.3 Å². The van der Waals surface area contributed by atoms with Gasteiger partial charge in [0.25, 0.3) is 0 Å². The highest BCUT2D eigenvalue weighted by Crippen LogP contribution is 2.27. The lowest BCUT2D eigenvalue weighted by Crippen LogP contribution is -2.21. The van der Waals surface area contributed by atoms with Gasteiger partial charge in [-0.15, -0.1) is 0 Å². The summed E-state index contributed by atoms with van der Waals surface area (Å²) in [7, 11) is 1.53. The summed E-state index contributed by atoms with van der Waals surface area (Å²) < 4.78 is 5.21. The first-order valence-electron chi connectivity index (χ1n) is 5.89. The average Bonchev–Trinajstić information content (AvgIpc) is 2.45. The van der Waals surface area contributed by atoms with E-state index in [1.807, 2.05) is 36.4 Å². The Bertz CT molecular complexity index is 554. The number of methoxy groups -OCH3 is 1. The predicted octanol–water partition coefficient (Wildman–Crippen LogP) is 2.93. The molecule has 1 atom stereocenters. The second kappa shape index (κ2) is 5.91. The van der Waals surface area contributed by atoms with Crippen molar-refractivity contribution in [1.29, 1.82) is 0 Å². The number of anilines is 1. The van der Waals surface area contributed by atoms with E-state index in [2.05, 4.69) is 5.32 Å². The van der Waals surface area contributed by atoms with Gasteiger partial charge in [0.1, 0.15) is 5.75 Å². The van der Waals surface area contributed by atoms with E-state index in [-0.39, 0.29) is 0 Å². The van der Waals surface area contributed by atoms with Crippen LogP contribution in [0.3, 0.4) is 0 Å². The maximum Gasteiger partial charge on any atom is 0.330 e. The molecule has 0 saturated heterocycles. The Kier molecular flexibility index (Phi) is 4.03. The minimum Gasteiger partial charge on any atom is -0.496 e. The maximum atomic E-state index is 11.5. The number of hydrogen-bond donors (Lipinski definition) is 2. The predicted molar refractivity (Wildman–Crippen MR) is 73.4 cm³/mol. The molecule has 0 amide bonds. The van der Waals surface area contributed by atoms with Crippen LogP contribution in [0.15, 0.2) is 54.6 Å². The van der Waals surface area contributed by atoms with Crippen molar-refractivity contribution in [3.8, 4) is 5.75 Å². The summed E-state index contributed by atoms with van der Waals surface area (Å²) in [6.07, 6.45) is 0. The van der Waals surface area contributed by atoms with Crippen LogP contribution in [0.5, 0.6) is 5.75 Å². The van der Waals surface area contributed by atoms with Crippen LogP contribution in [0.4, 0.5) is 5.69 Å². The SMILES string of the molecule is COc1ccccc1C(Nc1ccccc1)C(=O)O. The van der Waals surface area contributed by atoms with Crippen LogP contribution in [0.1, 0.15) is 11.6 Å². The fourth-order valence-electron chi connectivity index (χ4n) is 1.88. The number of hydrogen-bond acceptors (Lipinski definition) is 3. The molecule has 19 heavy (non-hydrogen) atoms. The Balaban J connectivity index is 2.33. The van der Waals surface area contributed by atoms with Crippen molar-refractivity contribution >= 4 is 11.7 Å². The summed E-state index contributed by atoms with van der Waals surface area (Å²) in [6, 6.07) is 15.5.